The summed E-state index contributed by atoms with van der Waals surface area (Å²) < 4.78 is 0. The molecule has 174 valence electrons. The van der Waals surface area contributed by atoms with Gasteiger partial charge in [0.15, 0.2) is 5.82 Å². The molecule has 0 amide bonds. The molecule has 3 heterocycles. The molecular formula is C25H32N6O2. The van der Waals surface area contributed by atoms with Gasteiger partial charge in [0.25, 0.3) is 0 Å². The molecule has 1 saturated heterocycles. The van der Waals surface area contributed by atoms with E-state index in [0.29, 0.717) is 11.4 Å². The van der Waals surface area contributed by atoms with Crippen molar-refractivity contribution in [1.29, 1.82) is 0 Å². The number of hydrogen-bond donors (Lipinski definition) is 2. The molecule has 0 bridgehead atoms. The first kappa shape index (κ1) is 23.1. The first-order valence-corrected chi connectivity index (χ1v) is 11.3. The molecule has 2 unspecified atom stereocenters. The number of aromatic nitrogens is 4. The molecule has 0 saturated carbocycles. The van der Waals surface area contributed by atoms with Gasteiger partial charge in [-0.1, -0.05) is 30.3 Å². The van der Waals surface area contributed by atoms with Crippen LogP contribution in [-0.2, 0) is 5.60 Å². The van der Waals surface area contributed by atoms with Crippen LogP contribution in [0.25, 0.3) is 0 Å². The Morgan fingerprint density at radius 3 is 2.33 bits per heavy atom. The molecule has 1 aliphatic heterocycles. The van der Waals surface area contributed by atoms with E-state index in [9.17, 15) is 10.2 Å². The Hall–Kier alpha value is -3.10. The minimum atomic E-state index is -1.01. The van der Waals surface area contributed by atoms with Gasteiger partial charge >= 0.3 is 0 Å². The lowest BCUT2D eigenvalue weighted by Crippen LogP contribution is -2.53. The van der Waals surface area contributed by atoms with Crippen molar-refractivity contribution in [2.75, 3.05) is 29.4 Å². The van der Waals surface area contributed by atoms with Crippen molar-refractivity contribution in [3.63, 3.8) is 0 Å². The average Bonchev–Trinajstić information content (AvgIpc) is 2.80. The monoisotopic (exact) mass is 448 g/mol. The summed E-state index contributed by atoms with van der Waals surface area (Å²) in [5.74, 6) is 1.65. The fraction of sp³-hybridized carbons (Fsp3) is 0.440. The molecule has 3 aromatic rings. The van der Waals surface area contributed by atoms with Crippen LogP contribution in [0.2, 0.25) is 0 Å². The van der Waals surface area contributed by atoms with Crippen LogP contribution in [0.3, 0.4) is 0 Å². The highest BCUT2D eigenvalue weighted by Gasteiger charge is 2.29. The Morgan fingerprint density at radius 2 is 1.73 bits per heavy atom. The number of anilines is 2. The van der Waals surface area contributed by atoms with Gasteiger partial charge in [0.2, 0.25) is 0 Å². The smallest absolute Gasteiger partial charge is 0.154 e. The molecule has 0 radical (unpaired) electrons. The lowest BCUT2D eigenvalue weighted by atomic mass is 10.0. The zero-order valence-corrected chi connectivity index (χ0v) is 19.9. The number of piperazine rings is 1. The highest BCUT2D eigenvalue weighted by molar-refractivity contribution is 5.53. The Bertz CT molecular complexity index is 1100. The van der Waals surface area contributed by atoms with Crippen LogP contribution < -0.4 is 9.80 Å². The van der Waals surface area contributed by atoms with E-state index in [-0.39, 0.29) is 6.04 Å². The van der Waals surface area contributed by atoms with Crippen molar-refractivity contribution in [2.45, 2.75) is 52.4 Å². The second-order valence-corrected chi connectivity index (χ2v) is 9.28. The van der Waals surface area contributed by atoms with E-state index in [4.69, 9.17) is 0 Å². The number of aliphatic hydroxyl groups is 2. The predicted molar refractivity (Wildman–Crippen MR) is 128 cm³/mol. The summed E-state index contributed by atoms with van der Waals surface area (Å²) in [7, 11) is 0. The summed E-state index contributed by atoms with van der Waals surface area (Å²) in [6.45, 7) is 11.9. The Morgan fingerprint density at radius 1 is 1.00 bits per heavy atom. The third-order valence-corrected chi connectivity index (χ3v) is 6.40. The van der Waals surface area contributed by atoms with Gasteiger partial charge in [-0.2, -0.15) is 5.10 Å². The van der Waals surface area contributed by atoms with Gasteiger partial charge in [-0.25, -0.2) is 4.98 Å². The van der Waals surface area contributed by atoms with Gasteiger partial charge in [-0.05, 0) is 51.3 Å². The highest BCUT2D eigenvalue weighted by Crippen LogP contribution is 2.30. The molecule has 2 atom stereocenters. The zero-order chi connectivity index (χ0) is 23.8. The molecule has 2 aromatic heterocycles. The van der Waals surface area contributed by atoms with Crippen LogP contribution in [0.5, 0.6) is 0 Å². The topological polar surface area (TPSA) is 98.5 Å². The molecule has 0 spiro atoms. The van der Waals surface area contributed by atoms with Crippen LogP contribution in [-0.4, -0.2) is 56.1 Å². The number of benzene rings is 1. The fourth-order valence-corrected chi connectivity index (χ4v) is 4.24. The zero-order valence-electron chi connectivity index (χ0n) is 19.9. The average molecular weight is 449 g/mol. The molecule has 4 rings (SSSR count). The van der Waals surface area contributed by atoms with Crippen LogP contribution in [0, 0.1) is 13.8 Å². The maximum atomic E-state index is 10.8. The number of rotatable bonds is 5. The molecule has 1 fully saturated rings. The van der Waals surface area contributed by atoms with Crippen molar-refractivity contribution >= 4 is 11.6 Å². The van der Waals surface area contributed by atoms with E-state index in [2.05, 4.69) is 36.9 Å². The largest absolute Gasteiger partial charge is 0.384 e. The van der Waals surface area contributed by atoms with E-state index >= 15 is 0 Å². The van der Waals surface area contributed by atoms with Crippen LogP contribution in [0.4, 0.5) is 11.6 Å². The van der Waals surface area contributed by atoms with Gasteiger partial charge in [-0.3, -0.25) is 4.98 Å². The standard InChI is InChI=1S/C25H32N6O2/c1-16-15-30(11-12-31(16)21-14-26-20(13-27-21)25(4,5)33)24-18(3)17(2)22(28-29-24)23(32)19-9-7-6-8-10-19/h6-10,13-14,16,23,32-33H,11-12,15H2,1-5H3. The third kappa shape index (κ3) is 4.67. The SMILES string of the molecule is Cc1c(C(O)c2ccccc2)nnc(N2CCN(c3cnc(C(C)(C)O)cn3)C(C)C2)c1C. The van der Waals surface area contributed by atoms with E-state index in [1.165, 1.54) is 0 Å². The minimum absolute atomic E-state index is 0.192. The van der Waals surface area contributed by atoms with Crippen LogP contribution in [0.15, 0.2) is 42.7 Å². The van der Waals surface area contributed by atoms with E-state index in [0.717, 1.165) is 48.0 Å². The molecule has 0 aliphatic carbocycles. The Kier molecular flexibility index (Phi) is 6.32. The Balaban J connectivity index is 1.50. The third-order valence-electron chi connectivity index (χ3n) is 6.40. The van der Waals surface area contributed by atoms with Crippen molar-refractivity contribution in [3.8, 4) is 0 Å². The molecular weight excluding hydrogens is 416 g/mol. The lowest BCUT2D eigenvalue weighted by Gasteiger charge is -2.41. The number of hydrogen-bond acceptors (Lipinski definition) is 8. The summed E-state index contributed by atoms with van der Waals surface area (Å²) in [5, 5.41) is 29.9. The minimum Gasteiger partial charge on any atom is -0.384 e. The van der Waals surface area contributed by atoms with Crippen LogP contribution >= 0.6 is 0 Å². The fourth-order valence-electron chi connectivity index (χ4n) is 4.24. The molecule has 33 heavy (non-hydrogen) atoms. The van der Waals surface area contributed by atoms with Crippen molar-refractivity contribution in [3.05, 3.63) is 70.8 Å². The second kappa shape index (κ2) is 9.03. The summed E-state index contributed by atoms with van der Waals surface area (Å²) in [5.41, 5.74) is 2.93. The molecule has 8 heteroatoms. The summed E-state index contributed by atoms with van der Waals surface area (Å²) in [6, 6.07) is 9.73. The van der Waals surface area contributed by atoms with Crippen LogP contribution in [0.1, 0.15) is 55.0 Å². The lowest BCUT2D eigenvalue weighted by molar-refractivity contribution is 0.0734. The molecule has 2 N–H and O–H groups in total. The summed E-state index contributed by atoms with van der Waals surface area (Å²) in [6.07, 6.45) is 2.58. The van der Waals surface area contributed by atoms with E-state index in [1.807, 2.05) is 44.2 Å². The Labute approximate surface area is 195 Å². The summed E-state index contributed by atoms with van der Waals surface area (Å²) in [4.78, 5) is 13.4. The first-order chi connectivity index (χ1) is 15.7. The maximum Gasteiger partial charge on any atom is 0.154 e. The highest BCUT2D eigenvalue weighted by atomic mass is 16.3. The molecule has 8 nitrogen and oxygen atoms in total. The van der Waals surface area contributed by atoms with Crippen molar-refractivity contribution < 1.29 is 10.2 Å². The van der Waals surface area contributed by atoms with Gasteiger partial charge in [-0.15, -0.1) is 5.10 Å². The molecule has 1 aliphatic rings. The van der Waals surface area contributed by atoms with Gasteiger partial charge in [0.1, 0.15) is 17.5 Å². The first-order valence-electron chi connectivity index (χ1n) is 11.3. The van der Waals surface area contributed by atoms with Crippen molar-refractivity contribution in [2.24, 2.45) is 0 Å². The molecule has 1 aromatic carbocycles. The van der Waals surface area contributed by atoms with E-state index in [1.54, 1.807) is 26.2 Å². The van der Waals surface area contributed by atoms with Gasteiger partial charge in [0.05, 0.1) is 23.8 Å². The number of aliphatic hydroxyl groups excluding tert-OH is 1. The predicted octanol–water partition coefficient (Wildman–Crippen LogP) is 2.91. The van der Waals surface area contributed by atoms with Crippen molar-refractivity contribution in [1.82, 2.24) is 20.2 Å². The second-order valence-electron chi connectivity index (χ2n) is 9.28. The normalized spacial score (nSPS) is 17.8. The summed E-state index contributed by atoms with van der Waals surface area (Å²) >= 11 is 0. The van der Waals surface area contributed by atoms with Gasteiger partial charge in [0, 0.05) is 25.7 Å². The maximum absolute atomic E-state index is 10.8. The quantitative estimate of drug-likeness (QED) is 0.615. The number of nitrogens with zero attached hydrogens (tertiary/aromatic N) is 6. The van der Waals surface area contributed by atoms with Gasteiger partial charge < -0.3 is 20.0 Å². The van der Waals surface area contributed by atoms with E-state index < -0.39 is 11.7 Å².